The maximum Gasteiger partial charge on any atom is 0.0713 e. The molecule has 0 aromatic heterocycles. The first kappa shape index (κ1) is 7.28. The quantitative estimate of drug-likeness (QED) is 0.492. The molecule has 0 bridgehead atoms. The van der Waals surface area contributed by atoms with Crippen LogP contribution in [0, 0.1) is 11.3 Å². The second-order valence-corrected chi connectivity index (χ2v) is 2.54. The van der Waals surface area contributed by atoms with Crippen LogP contribution in [0.2, 0.25) is 0 Å². The molecule has 1 aliphatic rings. The molecule has 10 heavy (non-hydrogen) atoms. The van der Waals surface area contributed by atoms with Crippen LogP contribution < -0.4 is 5.73 Å². The fraction of sp³-hybridized carbons (Fsp3) is 0.571. The van der Waals surface area contributed by atoms with Gasteiger partial charge in [-0.3, -0.25) is 0 Å². The van der Waals surface area contributed by atoms with Crippen LogP contribution in [0.15, 0.2) is 11.8 Å². The van der Waals surface area contributed by atoms with Gasteiger partial charge in [0.1, 0.15) is 0 Å². The Kier molecular flexibility index (Phi) is 2.06. The van der Waals surface area contributed by atoms with E-state index in [1.54, 1.807) is 0 Å². The Hall–Kier alpha value is -0.830. The topological polar surface area (TPSA) is 70.1 Å². The zero-order valence-corrected chi connectivity index (χ0v) is 5.80. The van der Waals surface area contributed by atoms with E-state index in [-0.39, 0.29) is 6.61 Å². The predicted molar refractivity (Wildman–Crippen MR) is 39.8 cm³/mol. The maximum atomic E-state index is 8.68. The van der Waals surface area contributed by atoms with Crippen molar-refractivity contribution in [2.24, 2.45) is 11.7 Å². The van der Waals surface area contributed by atoms with Gasteiger partial charge in [0.05, 0.1) is 6.61 Å². The van der Waals surface area contributed by atoms with Crippen LogP contribution in [0.3, 0.4) is 0 Å². The third-order valence-electron chi connectivity index (χ3n) is 1.70. The number of hydrogen-bond donors (Lipinski definition) is 3. The molecule has 3 nitrogen and oxygen atoms in total. The molecule has 1 fully saturated rings. The van der Waals surface area contributed by atoms with E-state index in [9.17, 15) is 0 Å². The molecule has 0 heterocycles. The standard InChI is InChI=1S/C7H12N2O/c8-3-6(4-10)7(9)5-1-2-5/h3,5,9-10H,1-2,4,8H2/b6-3-,9-7?. The molecule has 0 amide bonds. The summed E-state index contributed by atoms with van der Waals surface area (Å²) in [7, 11) is 0. The Morgan fingerprint density at radius 2 is 2.30 bits per heavy atom. The number of rotatable bonds is 3. The van der Waals surface area contributed by atoms with Gasteiger partial charge in [0, 0.05) is 23.4 Å². The molecule has 3 heteroatoms. The number of nitrogens with one attached hydrogen (secondary N) is 1. The molecule has 1 saturated carbocycles. The highest BCUT2D eigenvalue weighted by Crippen LogP contribution is 2.32. The van der Waals surface area contributed by atoms with E-state index < -0.39 is 0 Å². The molecule has 0 aliphatic heterocycles. The number of nitrogens with two attached hydrogens (primary N) is 1. The highest BCUT2D eigenvalue weighted by Gasteiger charge is 2.27. The van der Waals surface area contributed by atoms with E-state index in [0.29, 0.717) is 17.2 Å². The van der Waals surface area contributed by atoms with E-state index in [0.717, 1.165) is 12.8 Å². The van der Waals surface area contributed by atoms with Gasteiger partial charge in [-0.1, -0.05) is 0 Å². The second-order valence-electron chi connectivity index (χ2n) is 2.54. The highest BCUT2D eigenvalue weighted by atomic mass is 16.3. The SMILES string of the molecule is N=C(/C(=C\N)CO)C1CC1. The van der Waals surface area contributed by atoms with E-state index in [4.69, 9.17) is 16.2 Å². The molecule has 0 spiro atoms. The van der Waals surface area contributed by atoms with Gasteiger partial charge >= 0.3 is 0 Å². The molecular weight excluding hydrogens is 128 g/mol. The zero-order chi connectivity index (χ0) is 7.56. The minimum atomic E-state index is -0.105. The molecule has 0 saturated heterocycles. The third-order valence-corrected chi connectivity index (χ3v) is 1.70. The Labute approximate surface area is 60.1 Å². The van der Waals surface area contributed by atoms with E-state index >= 15 is 0 Å². The lowest BCUT2D eigenvalue weighted by molar-refractivity contribution is 0.336. The van der Waals surface area contributed by atoms with Gasteiger partial charge in [-0.25, -0.2) is 0 Å². The van der Waals surface area contributed by atoms with E-state index in [2.05, 4.69) is 0 Å². The molecule has 0 aromatic carbocycles. The van der Waals surface area contributed by atoms with Crippen molar-refractivity contribution in [1.82, 2.24) is 0 Å². The molecule has 0 atom stereocenters. The van der Waals surface area contributed by atoms with E-state index in [1.807, 2.05) is 0 Å². The molecule has 1 aliphatic carbocycles. The largest absolute Gasteiger partial charge is 0.404 e. The Morgan fingerprint density at radius 1 is 1.70 bits per heavy atom. The van der Waals surface area contributed by atoms with Crippen LogP contribution in [0.4, 0.5) is 0 Å². The first-order valence-electron chi connectivity index (χ1n) is 3.40. The van der Waals surface area contributed by atoms with Gasteiger partial charge in [-0.15, -0.1) is 0 Å². The third kappa shape index (κ3) is 1.36. The second kappa shape index (κ2) is 2.84. The zero-order valence-electron chi connectivity index (χ0n) is 5.80. The van der Waals surface area contributed by atoms with Crippen LogP contribution in [0.5, 0.6) is 0 Å². The summed E-state index contributed by atoms with van der Waals surface area (Å²) in [6.07, 6.45) is 3.48. The summed E-state index contributed by atoms with van der Waals surface area (Å²) >= 11 is 0. The lowest BCUT2D eigenvalue weighted by Gasteiger charge is -2.01. The normalized spacial score (nSPS) is 19.1. The first-order valence-corrected chi connectivity index (χ1v) is 3.40. The first-order chi connectivity index (χ1) is 4.79. The monoisotopic (exact) mass is 140 g/mol. The van der Waals surface area contributed by atoms with Crippen LogP contribution >= 0.6 is 0 Å². The maximum absolute atomic E-state index is 8.68. The van der Waals surface area contributed by atoms with Crippen LogP contribution in [0.1, 0.15) is 12.8 Å². The highest BCUT2D eigenvalue weighted by molar-refractivity contribution is 6.00. The molecule has 1 rings (SSSR count). The van der Waals surface area contributed by atoms with Crippen molar-refractivity contribution in [2.45, 2.75) is 12.8 Å². The molecule has 0 radical (unpaired) electrons. The van der Waals surface area contributed by atoms with Gasteiger partial charge in [-0.2, -0.15) is 0 Å². The number of aliphatic hydroxyl groups is 1. The lowest BCUT2D eigenvalue weighted by atomic mass is 10.1. The Morgan fingerprint density at radius 3 is 2.60 bits per heavy atom. The van der Waals surface area contributed by atoms with Crippen molar-refractivity contribution in [3.05, 3.63) is 11.8 Å². The van der Waals surface area contributed by atoms with Gasteiger partial charge in [0.2, 0.25) is 0 Å². The summed E-state index contributed by atoms with van der Waals surface area (Å²) in [5.74, 6) is 0.377. The summed E-state index contributed by atoms with van der Waals surface area (Å²) < 4.78 is 0. The molecule has 0 aromatic rings. The lowest BCUT2D eigenvalue weighted by Crippen LogP contribution is -2.09. The summed E-state index contributed by atoms with van der Waals surface area (Å²) in [4.78, 5) is 0. The van der Waals surface area contributed by atoms with Crippen molar-refractivity contribution in [1.29, 1.82) is 5.41 Å². The van der Waals surface area contributed by atoms with Crippen LogP contribution in [-0.4, -0.2) is 17.4 Å². The van der Waals surface area contributed by atoms with Gasteiger partial charge in [0.15, 0.2) is 0 Å². The van der Waals surface area contributed by atoms with E-state index in [1.165, 1.54) is 6.20 Å². The minimum absolute atomic E-state index is 0.105. The molecular formula is C7H12N2O. The van der Waals surface area contributed by atoms with Crippen molar-refractivity contribution in [2.75, 3.05) is 6.61 Å². The van der Waals surface area contributed by atoms with Gasteiger partial charge < -0.3 is 16.2 Å². The fourth-order valence-corrected chi connectivity index (χ4v) is 0.862. The van der Waals surface area contributed by atoms with Gasteiger partial charge in [-0.05, 0) is 12.8 Å². The summed E-state index contributed by atoms with van der Waals surface area (Å²) in [6, 6.07) is 0. The molecule has 4 N–H and O–H groups in total. The van der Waals surface area contributed by atoms with Crippen LogP contribution in [-0.2, 0) is 0 Å². The number of hydrogen-bond acceptors (Lipinski definition) is 3. The predicted octanol–water partition coefficient (Wildman–Crippen LogP) is 0.251. The van der Waals surface area contributed by atoms with Crippen molar-refractivity contribution in [3.63, 3.8) is 0 Å². The molecule has 56 valence electrons. The Bertz CT molecular complexity index is 170. The average molecular weight is 140 g/mol. The van der Waals surface area contributed by atoms with Gasteiger partial charge in [0.25, 0.3) is 0 Å². The summed E-state index contributed by atoms with van der Waals surface area (Å²) in [6.45, 7) is -0.105. The summed E-state index contributed by atoms with van der Waals surface area (Å²) in [5.41, 5.74) is 6.28. The van der Waals surface area contributed by atoms with Crippen molar-refractivity contribution < 1.29 is 5.11 Å². The van der Waals surface area contributed by atoms with Crippen molar-refractivity contribution in [3.8, 4) is 0 Å². The molecule has 0 unspecified atom stereocenters. The van der Waals surface area contributed by atoms with Crippen LogP contribution in [0.25, 0.3) is 0 Å². The Balaban J connectivity index is 2.52. The minimum Gasteiger partial charge on any atom is -0.404 e. The average Bonchev–Trinajstić information content (AvgIpc) is 2.71. The van der Waals surface area contributed by atoms with Crippen molar-refractivity contribution >= 4 is 5.71 Å². The summed E-state index contributed by atoms with van der Waals surface area (Å²) in [5, 5.41) is 16.1. The smallest absolute Gasteiger partial charge is 0.0713 e. The fourth-order valence-electron chi connectivity index (χ4n) is 0.862. The number of aliphatic hydroxyl groups excluding tert-OH is 1.